The molecule has 0 bridgehead atoms. The third-order valence-electron chi connectivity index (χ3n) is 2.29. The molecule has 1 heterocycles. The van der Waals surface area contributed by atoms with Gasteiger partial charge in [0.1, 0.15) is 17.9 Å². The largest absolute Gasteiger partial charge is 0.481 e. The van der Waals surface area contributed by atoms with E-state index < -0.39 is 5.97 Å². The van der Waals surface area contributed by atoms with Crippen LogP contribution in [-0.2, 0) is 29.2 Å². The molecule has 18 heavy (non-hydrogen) atoms. The molecule has 94 valence electrons. The van der Waals surface area contributed by atoms with E-state index in [4.69, 9.17) is 14.4 Å². The van der Waals surface area contributed by atoms with Gasteiger partial charge < -0.3 is 14.4 Å². The van der Waals surface area contributed by atoms with Gasteiger partial charge >= 0.3 is 5.97 Å². The highest BCUT2D eigenvalue weighted by molar-refractivity contribution is 5.69. The lowest BCUT2D eigenvalue weighted by Gasteiger charge is -2.01. The predicted octanol–water partition coefficient (Wildman–Crippen LogP) is 2.02. The second-order valence-corrected chi connectivity index (χ2v) is 3.83. The topological polar surface area (TPSA) is 72.6 Å². The van der Waals surface area contributed by atoms with Crippen LogP contribution in [0.3, 0.4) is 0 Å². The van der Waals surface area contributed by atoms with Gasteiger partial charge in [-0.3, -0.25) is 4.79 Å². The molecule has 0 saturated heterocycles. The van der Waals surface area contributed by atoms with Crippen LogP contribution < -0.4 is 0 Å². The normalized spacial score (nSPS) is 10.4. The van der Waals surface area contributed by atoms with Crippen molar-refractivity contribution in [1.29, 1.82) is 0 Å². The molecule has 0 unspecified atom stereocenters. The number of rotatable bonds is 6. The summed E-state index contributed by atoms with van der Waals surface area (Å²) in [6.07, 6.45) is -0.161. The summed E-state index contributed by atoms with van der Waals surface area (Å²) in [5, 5.41) is 12.3. The van der Waals surface area contributed by atoms with Crippen LogP contribution in [0.4, 0.5) is 0 Å². The van der Waals surface area contributed by atoms with Crippen molar-refractivity contribution in [2.75, 3.05) is 0 Å². The average molecular weight is 247 g/mol. The summed E-state index contributed by atoms with van der Waals surface area (Å²) in [4.78, 5) is 10.5. The zero-order valence-electron chi connectivity index (χ0n) is 9.70. The van der Waals surface area contributed by atoms with E-state index in [2.05, 4.69) is 5.16 Å². The molecule has 2 rings (SSSR count). The molecule has 0 saturated carbocycles. The molecular formula is C13H13NO4. The van der Waals surface area contributed by atoms with Gasteiger partial charge in [0.25, 0.3) is 0 Å². The summed E-state index contributed by atoms with van der Waals surface area (Å²) in [5.41, 5.74) is 1.67. The van der Waals surface area contributed by atoms with E-state index in [0.717, 1.165) is 5.56 Å². The van der Waals surface area contributed by atoms with Gasteiger partial charge in [0.05, 0.1) is 13.2 Å². The van der Waals surface area contributed by atoms with Gasteiger partial charge in [-0.15, -0.1) is 0 Å². The summed E-state index contributed by atoms with van der Waals surface area (Å²) in [7, 11) is 0. The number of nitrogens with zero attached hydrogens (tertiary/aromatic N) is 1. The van der Waals surface area contributed by atoms with Gasteiger partial charge in [0.15, 0.2) is 0 Å². The number of carboxylic acid groups (broad SMARTS) is 1. The van der Waals surface area contributed by atoms with E-state index in [-0.39, 0.29) is 6.42 Å². The average Bonchev–Trinajstić information content (AvgIpc) is 2.77. The Labute approximate surface area is 104 Å². The molecule has 1 N–H and O–H groups in total. The van der Waals surface area contributed by atoms with Crippen molar-refractivity contribution < 1.29 is 19.2 Å². The number of carbonyl (C=O) groups is 1. The molecule has 0 amide bonds. The number of aliphatic carboxylic acids is 1. The zero-order chi connectivity index (χ0) is 12.8. The second-order valence-electron chi connectivity index (χ2n) is 3.83. The van der Waals surface area contributed by atoms with Crippen LogP contribution in [-0.4, -0.2) is 16.2 Å². The third-order valence-corrected chi connectivity index (χ3v) is 2.29. The number of hydrogen-bond acceptors (Lipinski definition) is 4. The number of benzene rings is 1. The van der Waals surface area contributed by atoms with E-state index >= 15 is 0 Å². The summed E-state index contributed by atoms with van der Waals surface area (Å²) in [6, 6.07) is 11.4. The Morgan fingerprint density at radius 3 is 2.78 bits per heavy atom. The molecule has 0 aliphatic heterocycles. The van der Waals surface area contributed by atoms with Crippen LogP contribution >= 0.6 is 0 Å². The van der Waals surface area contributed by atoms with Gasteiger partial charge in [-0.25, -0.2) is 0 Å². The van der Waals surface area contributed by atoms with Crippen molar-refractivity contribution in [2.45, 2.75) is 19.6 Å². The number of hydrogen-bond donors (Lipinski definition) is 1. The van der Waals surface area contributed by atoms with Crippen molar-refractivity contribution in [3.63, 3.8) is 0 Å². The predicted molar refractivity (Wildman–Crippen MR) is 62.8 cm³/mol. The minimum atomic E-state index is -0.942. The lowest BCUT2D eigenvalue weighted by Crippen LogP contribution is -1.98. The first-order chi connectivity index (χ1) is 8.74. The lowest BCUT2D eigenvalue weighted by atomic mass is 10.2. The molecule has 1 aromatic heterocycles. The maximum atomic E-state index is 10.5. The van der Waals surface area contributed by atoms with Crippen molar-refractivity contribution in [3.8, 4) is 0 Å². The maximum absolute atomic E-state index is 10.5. The highest BCUT2D eigenvalue weighted by Gasteiger charge is 2.08. The molecule has 1 aromatic carbocycles. The quantitative estimate of drug-likeness (QED) is 0.845. The number of aromatic nitrogens is 1. The van der Waals surface area contributed by atoms with Gasteiger partial charge in [-0.2, -0.15) is 0 Å². The van der Waals surface area contributed by atoms with Crippen LogP contribution in [0.25, 0.3) is 0 Å². The Kier molecular flexibility index (Phi) is 4.09. The summed E-state index contributed by atoms with van der Waals surface area (Å²) in [5.74, 6) is -0.608. The molecule has 0 radical (unpaired) electrons. The Hall–Kier alpha value is -2.14. The molecule has 0 atom stereocenters. The molecule has 0 aliphatic rings. The lowest BCUT2D eigenvalue weighted by molar-refractivity contribution is -0.136. The standard InChI is InChI=1S/C13H13NO4/c15-13(16)7-12-6-11(14-18-12)9-17-8-10-4-2-1-3-5-10/h1-6H,7-9H2,(H,15,16). The van der Waals surface area contributed by atoms with E-state index in [0.29, 0.717) is 24.7 Å². The van der Waals surface area contributed by atoms with Gasteiger partial charge in [-0.1, -0.05) is 35.5 Å². The van der Waals surface area contributed by atoms with Gasteiger partial charge in [-0.05, 0) is 5.56 Å². The molecular weight excluding hydrogens is 234 g/mol. The Balaban J connectivity index is 1.80. The molecule has 5 heteroatoms. The van der Waals surface area contributed by atoms with Crippen molar-refractivity contribution in [2.24, 2.45) is 0 Å². The molecule has 0 spiro atoms. The van der Waals surface area contributed by atoms with Crippen molar-refractivity contribution >= 4 is 5.97 Å². The Morgan fingerprint density at radius 2 is 2.06 bits per heavy atom. The smallest absolute Gasteiger partial charge is 0.311 e. The molecule has 0 aliphatic carbocycles. The minimum absolute atomic E-state index is 0.161. The second kappa shape index (κ2) is 5.97. The summed E-state index contributed by atoms with van der Waals surface area (Å²) in [6.45, 7) is 0.792. The number of carboxylic acids is 1. The van der Waals surface area contributed by atoms with Crippen LogP contribution in [0.5, 0.6) is 0 Å². The van der Waals surface area contributed by atoms with E-state index in [1.54, 1.807) is 6.07 Å². The third kappa shape index (κ3) is 3.71. The highest BCUT2D eigenvalue weighted by Crippen LogP contribution is 2.08. The minimum Gasteiger partial charge on any atom is -0.481 e. The van der Waals surface area contributed by atoms with Crippen molar-refractivity contribution in [3.05, 3.63) is 53.4 Å². The molecule has 2 aromatic rings. The summed E-state index contributed by atoms with van der Waals surface area (Å²) >= 11 is 0. The fourth-order valence-corrected chi connectivity index (χ4v) is 1.50. The summed E-state index contributed by atoms with van der Waals surface area (Å²) < 4.78 is 10.3. The molecule has 0 fully saturated rings. The zero-order valence-corrected chi connectivity index (χ0v) is 9.70. The Bertz CT molecular complexity index is 507. The first-order valence-corrected chi connectivity index (χ1v) is 5.52. The van der Waals surface area contributed by atoms with Crippen LogP contribution in [0.2, 0.25) is 0 Å². The van der Waals surface area contributed by atoms with Crippen LogP contribution in [0, 0.1) is 0 Å². The van der Waals surface area contributed by atoms with E-state index in [9.17, 15) is 4.79 Å². The van der Waals surface area contributed by atoms with Crippen LogP contribution in [0.15, 0.2) is 40.9 Å². The first-order valence-electron chi connectivity index (χ1n) is 5.52. The van der Waals surface area contributed by atoms with E-state index in [1.165, 1.54) is 0 Å². The van der Waals surface area contributed by atoms with Crippen molar-refractivity contribution in [1.82, 2.24) is 5.16 Å². The highest BCUT2D eigenvalue weighted by atomic mass is 16.5. The fourth-order valence-electron chi connectivity index (χ4n) is 1.50. The Morgan fingerprint density at radius 1 is 1.28 bits per heavy atom. The van der Waals surface area contributed by atoms with Gasteiger partial charge in [0.2, 0.25) is 0 Å². The van der Waals surface area contributed by atoms with Crippen LogP contribution in [0.1, 0.15) is 17.0 Å². The fraction of sp³-hybridized carbons (Fsp3) is 0.231. The van der Waals surface area contributed by atoms with E-state index in [1.807, 2.05) is 30.3 Å². The maximum Gasteiger partial charge on any atom is 0.311 e. The molecule has 5 nitrogen and oxygen atoms in total. The van der Waals surface area contributed by atoms with Gasteiger partial charge in [0, 0.05) is 6.07 Å². The number of ether oxygens (including phenoxy) is 1. The monoisotopic (exact) mass is 247 g/mol. The SMILES string of the molecule is O=C(O)Cc1cc(COCc2ccccc2)no1. The first kappa shape index (κ1) is 12.3.